The van der Waals surface area contributed by atoms with Crippen molar-refractivity contribution in [2.75, 3.05) is 31.4 Å². The molecule has 4 N–H and O–H groups in total. The van der Waals surface area contributed by atoms with Crippen molar-refractivity contribution in [2.45, 2.75) is 6.42 Å². The summed E-state index contributed by atoms with van der Waals surface area (Å²) >= 11 is 3.30. The Morgan fingerprint density at radius 1 is 1.59 bits per heavy atom. The van der Waals surface area contributed by atoms with Gasteiger partial charge in [0.1, 0.15) is 5.82 Å². The van der Waals surface area contributed by atoms with E-state index in [1.165, 1.54) is 0 Å². The van der Waals surface area contributed by atoms with Gasteiger partial charge < -0.3 is 10.2 Å². The van der Waals surface area contributed by atoms with Crippen LogP contribution in [0.15, 0.2) is 10.7 Å². The molecular weight excluding hydrogens is 288 g/mol. The number of aromatic nitrogens is 2. The number of hydrogen-bond donors (Lipinski definition) is 3. The van der Waals surface area contributed by atoms with Gasteiger partial charge >= 0.3 is 0 Å². The normalized spacial score (nSPS) is 9.88. The van der Waals surface area contributed by atoms with Crippen molar-refractivity contribution in [2.24, 2.45) is 5.84 Å². The average molecular weight is 303 g/mol. The molecule has 0 fully saturated rings. The van der Waals surface area contributed by atoms with Crippen LogP contribution in [0.1, 0.15) is 6.42 Å². The highest BCUT2D eigenvalue weighted by Crippen LogP contribution is 2.19. The van der Waals surface area contributed by atoms with E-state index < -0.39 is 0 Å². The SMILES string of the molecule is CN(C)C(=O)CCNc1nc(NN)ncc1Br. The number of rotatable bonds is 5. The lowest BCUT2D eigenvalue weighted by molar-refractivity contribution is -0.128. The monoisotopic (exact) mass is 302 g/mol. The molecule has 0 saturated heterocycles. The van der Waals surface area contributed by atoms with Gasteiger partial charge in [-0.05, 0) is 15.9 Å². The Kier molecular flexibility index (Phi) is 5.11. The van der Waals surface area contributed by atoms with Crippen molar-refractivity contribution in [3.05, 3.63) is 10.7 Å². The molecule has 0 spiro atoms. The lowest BCUT2D eigenvalue weighted by Gasteiger charge is -2.11. The van der Waals surface area contributed by atoms with E-state index >= 15 is 0 Å². The van der Waals surface area contributed by atoms with E-state index in [1.807, 2.05) is 0 Å². The van der Waals surface area contributed by atoms with Gasteiger partial charge in [-0.2, -0.15) is 4.98 Å². The molecule has 0 aliphatic rings. The fraction of sp³-hybridized carbons (Fsp3) is 0.444. The minimum absolute atomic E-state index is 0.0554. The van der Waals surface area contributed by atoms with Gasteiger partial charge in [-0.3, -0.25) is 10.2 Å². The van der Waals surface area contributed by atoms with Gasteiger partial charge in [-0.25, -0.2) is 10.8 Å². The molecule has 0 unspecified atom stereocenters. The van der Waals surface area contributed by atoms with Gasteiger partial charge in [0.15, 0.2) is 0 Å². The number of nitrogens with zero attached hydrogens (tertiary/aromatic N) is 3. The fourth-order valence-electron chi connectivity index (χ4n) is 1.07. The minimum atomic E-state index is 0.0554. The molecule has 17 heavy (non-hydrogen) atoms. The summed E-state index contributed by atoms with van der Waals surface area (Å²) in [6.07, 6.45) is 1.98. The number of hydrogen-bond acceptors (Lipinski definition) is 6. The largest absolute Gasteiger partial charge is 0.368 e. The summed E-state index contributed by atoms with van der Waals surface area (Å²) in [6, 6.07) is 0. The van der Waals surface area contributed by atoms with Crippen LogP contribution in [0.25, 0.3) is 0 Å². The van der Waals surface area contributed by atoms with Crippen LogP contribution in [-0.4, -0.2) is 41.4 Å². The second-order valence-electron chi connectivity index (χ2n) is 3.50. The molecule has 94 valence electrons. The molecule has 1 aromatic rings. The Labute approximate surface area is 108 Å². The molecule has 0 atom stereocenters. The molecular formula is C9H15BrN6O. The van der Waals surface area contributed by atoms with E-state index in [2.05, 4.69) is 36.6 Å². The first-order chi connectivity index (χ1) is 8.04. The highest BCUT2D eigenvalue weighted by molar-refractivity contribution is 9.10. The van der Waals surface area contributed by atoms with Crippen molar-refractivity contribution < 1.29 is 4.79 Å². The summed E-state index contributed by atoms with van der Waals surface area (Å²) < 4.78 is 0.716. The molecule has 0 saturated carbocycles. The number of amides is 1. The van der Waals surface area contributed by atoms with Crippen LogP contribution in [0.5, 0.6) is 0 Å². The van der Waals surface area contributed by atoms with Crippen LogP contribution in [0.4, 0.5) is 11.8 Å². The van der Waals surface area contributed by atoms with Crippen LogP contribution in [0.3, 0.4) is 0 Å². The van der Waals surface area contributed by atoms with Gasteiger partial charge in [-0.15, -0.1) is 0 Å². The third-order valence-corrected chi connectivity index (χ3v) is 2.58. The van der Waals surface area contributed by atoms with E-state index in [0.29, 0.717) is 29.2 Å². The molecule has 0 aromatic carbocycles. The maximum Gasteiger partial charge on any atom is 0.239 e. The van der Waals surface area contributed by atoms with Crippen LogP contribution < -0.4 is 16.6 Å². The summed E-state index contributed by atoms with van der Waals surface area (Å²) in [5.74, 6) is 6.17. The first kappa shape index (κ1) is 13.7. The zero-order valence-electron chi connectivity index (χ0n) is 9.70. The summed E-state index contributed by atoms with van der Waals surface area (Å²) in [4.78, 5) is 20.9. The van der Waals surface area contributed by atoms with Gasteiger partial charge in [0.05, 0.1) is 4.47 Å². The number of nitrogens with one attached hydrogen (secondary N) is 2. The Balaban J connectivity index is 2.54. The standard InChI is InChI=1S/C9H15BrN6O/c1-16(2)7(17)3-4-12-8-6(10)5-13-9(14-8)15-11/h5H,3-4,11H2,1-2H3,(H2,12,13,14,15). The van der Waals surface area contributed by atoms with Crippen LogP contribution in [0.2, 0.25) is 0 Å². The van der Waals surface area contributed by atoms with Gasteiger partial charge in [0.25, 0.3) is 0 Å². The molecule has 7 nitrogen and oxygen atoms in total. The molecule has 1 rings (SSSR count). The average Bonchev–Trinajstić information content (AvgIpc) is 2.31. The molecule has 1 amide bonds. The highest BCUT2D eigenvalue weighted by Gasteiger charge is 2.06. The number of nitrogens with two attached hydrogens (primary N) is 1. The zero-order valence-corrected chi connectivity index (χ0v) is 11.3. The van der Waals surface area contributed by atoms with E-state index in [0.717, 1.165) is 0 Å². The number of hydrazine groups is 1. The number of carbonyl (C=O) groups excluding carboxylic acids is 1. The smallest absolute Gasteiger partial charge is 0.239 e. The second-order valence-corrected chi connectivity index (χ2v) is 4.35. The first-order valence-electron chi connectivity index (χ1n) is 4.97. The van der Waals surface area contributed by atoms with Gasteiger partial charge in [0, 0.05) is 33.3 Å². The molecule has 1 aromatic heterocycles. The van der Waals surface area contributed by atoms with E-state index in [9.17, 15) is 4.79 Å². The van der Waals surface area contributed by atoms with Crippen molar-refractivity contribution in [3.63, 3.8) is 0 Å². The predicted molar refractivity (Wildman–Crippen MR) is 69.3 cm³/mol. The quantitative estimate of drug-likeness (QED) is 0.539. The lowest BCUT2D eigenvalue weighted by atomic mass is 10.4. The van der Waals surface area contributed by atoms with Crippen molar-refractivity contribution in [3.8, 4) is 0 Å². The van der Waals surface area contributed by atoms with Gasteiger partial charge in [-0.1, -0.05) is 0 Å². The fourth-order valence-corrected chi connectivity index (χ4v) is 1.40. The zero-order chi connectivity index (χ0) is 12.8. The molecule has 0 aliphatic carbocycles. The first-order valence-corrected chi connectivity index (χ1v) is 5.77. The Hall–Kier alpha value is -1.41. The van der Waals surface area contributed by atoms with E-state index in [-0.39, 0.29) is 5.91 Å². The number of carbonyl (C=O) groups is 1. The molecule has 0 bridgehead atoms. The third kappa shape index (κ3) is 4.16. The summed E-state index contributed by atoms with van der Waals surface area (Å²) in [6.45, 7) is 0.497. The minimum Gasteiger partial charge on any atom is -0.368 e. The number of anilines is 2. The summed E-state index contributed by atoms with van der Waals surface area (Å²) in [5, 5.41) is 3.03. The van der Waals surface area contributed by atoms with E-state index in [4.69, 9.17) is 5.84 Å². The Morgan fingerprint density at radius 3 is 2.88 bits per heavy atom. The van der Waals surface area contributed by atoms with Crippen LogP contribution in [-0.2, 0) is 4.79 Å². The molecule has 0 radical (unpaired) electrons. The molecule has 1 heterocycles. The number of halogens is 1. The van der Waals surface area contributed by atoms with E-state index in [1.54, 1.807) is 25.2 Å². The van der Waals surface area contributed by atoms with Crippen LogP contribution >= 0.6 is 15.9 Å². The maximum absolute atomic E-state index is 11.4. The van der Waals surface area contributed by atoms with Crippen molar-refractivity contribution >= 4 is 33.6 Å². The summed E-state index contributed by atoms with van der Waals surface area (Å²) in [5.41, 5.74) is 2.35. The Bertz CT molecular complexity index is 397. The summed E-state index contributed by atoms with van der Waals surface area (Å²) in [7, 11) is 3.44. The second kappa shape index (κ2) is 6.36. The van der Waals surface area contributed by atoms with Crippen molar-refractivity contribution in [1.29, 1.82) is 0 Å². The van der Waals surface area contributed by atoms with Crippen LogP contribution in [0, 0.1) is 0 Å². The number of nitrogen functional groups attached to an aromatic ring is 1. The third-order valence-electron chi connectivity index (χ3n) is 2.00. The lowest BCUT2D eigenvalue weighted by Crippen LogP contribution is -2.24. The molecule has 8 heteroatoms. The van der Waals surface area contributed by atoms with Gasteiger partial charge in [0.2, 0.25) is 11.9 Å². The highest BCUT2D eigenvalue weighted by atomic mass is 79.9. The predicted octanol–water partition coefficient (Wildman–Crippen LogP) is 0.415. The molecule has 0 aliphatic heterocycles. The maximum atomic E-state index is 11.4. The Morgan fingerprint density at radius 2 is 2.29 bits per heavy atom. The van der Waals surface area contributed by atoms with Crippen molar-refractivity contribution in [1.82, 2.24) is 14.9 Å². The topological polar surface area (TPSA) is 96.2 Å².